The summed E-state index contributed by atoms with van der Waals surface area (Å²) in [6.45, 7) is 2.08. The molecule has 0 bridgehead atoms. The van der Waals surface area contributed by atoms with Crippen LogP contribution in [0, 0.1) is 6.92 Å². The molecule has 0 aliphatic rings. The summed E-state index contributed by atoms with van der Waals surface area (Å²) in [6.07, 6.45) is 0. The van der Waals surface area contributed by atoms with Gasteiger partial charge in [-0.2, -0.15) is 0 Å². The number of rotatable bonds is 2. The van der Waals surface area contributed by atoms with Gasteiger partial charge in [0.2, 0.25) is 0 Å². The number of aryl methyl sites for hydroxylation is 1. The van der Waals surface area contributed by atoms with Crippen LogP contribution in [-0.4, -0.2) is 9.97 Å². The van der Waals surface area contributed by atoms with Gasteiger partial charge >= 0.3 is 0 Å². The largest absolute Gasteiger partial charge is 0.381 e. The van der Waals surface area contributed by atoms with E-state index in [0.717, 1.165) is 21.0 Å². The van der Waals surface area contributed by atoms with E-state index in [4.69, 9.17) is 5.73 Å². The van der Waals surface area contributed by atoms with Crippen LogP contribution in [-0.2, 0) is 0 Å². The first kappa shape index (κ1) is 12.0. The third kappa shape index (κ3) is 2.39. The molecule has 0 radical (unpaired) electrons. The minimum Gasteiger partial charge on any atom is -0.381 e. The van der Waals surface area contributed by atoms with Gasteiger partial charge < -0.3 is 5.73 Å². The van der Waals surface area contributed by atoms with Crippen molar-refractivity contribution < 1.29 is 0 Å². The van der Waals surface area contributed by atoms with Crippen molar-refractivity contribution in [1.82, 2.24) is 9.97 Å². The van der Waals surface area contributed by atoms with Crippen LogP contribution < -0.4 is 5.73 Å². The summed E-state index contributed by atoms with van der Waals surface area (Å²) in [4.78, 5) is 10.1. The Balaban J connectivity index is 2.06. The zero-order chi connectivity index (χ0) is 13.2. The fourth-order valence-corrected chi connectivity index (χ4v) is 2.73. The summed E-state index contributed by atoms with van der Waals surface area (Å²) >= 11 is 1.56. The maximum absolute atomic E-state index is 5.99. The van der Waals surface area contributed by atoms with Gasteiger partial charge in [0, 0.05) is 4.90 Å². The molecule has 4 heteroatoms. The SMILES string of the molecule is Cc1ccccc1Sc1nc2ccccc2nc1N. The van der Waals surface area contributed by atoms with Crippen LogP contribution in [0.1, 0.15) is 5.56 Å². The number of anilines is 1. The van der Waals surface area contributed by atoms with Gasteiger partial charge in [0.15, 0.2) is 5.82 Å². The van der Waals surface area contributed by atoms with Crippen molar-refractivity contribution in [2.75, 3.05) is 5.73 Å². The van der Waals surface area contributed by atoms with Crippen LogP contribution in [0.5, 0.6) is 0 Å². The highest BCUT2D eigenvalue weighted by molar-refractivity contribution is 7.99. The number of nitrogens with zero attached hydrogens (tertiary/aromatic N) is 2. The lowest BCUT2D eigenvalue weighted by atomic mass is 10.2. The van der Waals surface area contributed by atoms with E-state index in [0.29, 0.717) is 5.82 Å². The van der Waals surface area contributed by atoms with Gasteiger partial charge in [-0.15, -0.1) is 0 Å². The molecule has 94 valence electrons. The Hall–Kier alpha value is -2.07. The van der Waals surface area contributed by atoms with Gasteiger partial charge in [-0.3, -0.25) is 0 Å². The third-order valence-corrected chi connectivity index (χ3v) is 4.04. The van der Waals surface area contributed by atoms with Crippen molar-refractivity contribution in [3.63, 3.8) is 0 Å². The molecule has 0 aliphatic heterocycles. The molecule has 0 unspecified atom stereocenters. The monoisotopic (exact) mass is 267 g/mol. The van der Waals surface area contributed by atoms with Crippen molar-refractivity contribution in [2.45, 2.75) is 16.8 Å². The number of hydrogen-bond acceptors (Lipinski definition) is 4. The molecule has 2 aromatic carbocycles. The molecule has 0 amide bonds. The van der Waals surface area contributed by atoms with Crippen molar-refractivity contribution in [3.05, 3.63) is 54.1 Å². The van der Waals surface area contributed by atoms with Crippen LogP contribution in [0.15, 0.2) is 58.5 Å². The highest BCUT2D eigenvalue weighted by atomic mass is 32.2. The van der Waals surface area contributed by atoms with E-state index in [1.807, 2.05) is 36.4 Å². The molecule has 0 saturated heterocycles. The van der Waals surface area contributed by atoms with Crippen LogP contribution in [0.25, 0.3) is 11.0 Å². The number of para-hydroxylation sites is 2. The topological polar surface area (TPSA) is 51.8 Å². The van der Waals surface area contributed by atoms with Gasteiger partial charge in [-0.1, -0.05) is 42.1 Å². The van der Waals surface area contributed by atoms with Gasteiger partial charge in [-0.05, 0) is 30.7 Å². The molecular weight excluding hydrogens is 254 g/mol. The Bertz CT molecular complexity index is 740. The molecule has 2 N–H and O–H groups in total. The quantitative estimate of drug-likeness (QED) is 0.769. The molecule has 19 heavy (non-hydrogen) atoms. The first-order chi connectivity index (χ1) is 9.24. The fraction of sp³-hybridized carbons (Fsp3) is 0.0667. The predicted octanol–water partition coefficient (Wildman–Crippen LogP) is 3.67. The molecule has 0 atom stereocenters. The van der Waals surface area contributed by atoms with Gasteiger partial charge in [0.25, 0.3) is 0 Å². The lowest BCUT2D eigenvalue weighted by molar-refractivity contribution is 1.13. The second kappa shape index (κ2) is 4.90. The van der Waals surface area contributed by atoms with Gasteiger partial charge in [0.05, 0.1) is 11.0 Å². The number of nitrogens with two attached hydrogens (primary N) is 1. The summed E-state index contributed by atoms with van der Waals surface area (Å²) in [6, 6.07) is 15.9. The zero-order valence-electron chi connectivity index (χ0n) is 10.5. The maximum atomic E-state index is 5.99. The molecule has 0 saturated carbocycles. The first-order valence-electron chi connectivity index (χ1n) is 6.00. The highest BCUT2D eigenvalue weighted by Crippen LogP contribution is 2.32. The van der Waals surface area contributed by atoms with E-state index in [1.165, 1.54) is 5.56 Å². The normalized spacial score (nSPS) is 10.8. The van der Waals surface area contributed by atoms with Crippen molar-refractivity contribution in [1.29, 1.82) is 0 Å². The van der Waals surface area contributed by atoms with E-state index in [2.05, 4.69) is 29.0 Å². The Morgan fingerprint density at radius 2 is 1.53 bits per heavy atom. The smallest absolute Gasteiger partial charge is 0.157 e. The first-order valence-corrected chi connectivity index (χ1v) is 6.81. The van der Waals surface area contributed by atoms with E-state index >= 15 is 0 Å². The van der Waals surface area contributed by atoms with Crippen LogP contribution in [0.3, 0.4) is 0 Å². The molecule has 3 nitrogen and oxygen atoms in total. The number of fused-ring (bicyclic) bond motifs is 1. The summed E-state index contributed by atoms with van der Waals surface area (Å²) < 4.78 is 0. The number of hydrogen-bond donors (Lipinski definition) is 1. The maximum Gasteiger partial charge on any atom is 0.157 e. The Morgan fingerprint density at radius 1 is 0.895 bits per heavy atom. The number of benzene rings is 2. The standard InChI is InChI=1S/C15H13N3S/c1-10-6-2-5-9-13(10)19-15-14(16)17-11-7-3-4-8-12(11)18-15/h2-9H,1H3,(H2,16,17). The third-order valence-electron chi connectivity index (χ3n) is 2.86. The van der Waals surface area contributed by atoms with Crippen molar-refractivity contribution in [3.8, 4) is 0 Å². The molecule has 1 heterocycles. The van der Waals surface area contributed by atoms with Crippen molar-refractivity contribution in [2.24, 2.45) is 0 Å². The Kier molecular flexibility index (Phi) is 3.09. The molecule has 3 aromatic rings. The van der Waals surface area contributed by atoms with Crippen LogP contribution >= 0.6 is 11.8 Å². The molecule has 0 aliphatic carbocycles. The zero-order valence-corrected chi connectivity index (χ0v) is 11.3. The predicted molar refractivity (Wildman–Crippen MR) is 79.3 cm³/mol. The van der Waals surface area contributed by atoms with E-state index in [9.17, 15) is 0 Å². The lowest BCUT2D eigenvalue weighted by Crippen LogP contribution is -1.97. The minimum atomic E-state index is 0.479. The van der Waals surface area contributed by atoms with Gasteiger partial charge in [0.1, 0.15) is 5.03 Å². The average Bonchev–Trinajstić information content (AvgIpc) is 2.42. The van der Waals surface area contributed by atoms with Crippen molar-refractivity contribution >= 4 is 28.6 Å². The Labute approximate surface area is 115 Å². The number of nitrogen functional groups attached to an aromatic ring is 1. The summed E-state index contributed by atoms with van der Waals surface area (Å²) in [5, 5.41) is 0.757. The van der Waals surface area contributed by atoms with Gasteiger partial charge in [-0.25, -0.2) is 9.97 Å². The minimum absolute atomic E-state index is 0.479. The van der Waals surface area contributed by atoms with E-state index < -0.39 is 0 Å². The van der Waals surface area contributed by atoms with E-state index in [-0.39, 0.29) is 0 Å². The molecule has 3 rings (SSSR count). The Morgan fingerprint density at radius 3 is 2.26 bits per heavy atom. The number of aromatic nitrogens is 2. The molecule has 1 aromatic heterocycles. The molecule has 0 fully saturated rings. The molecule has 0 spiro atoms. The summed E-state index contributed by atoms with van der Waals surface area (Å²) in [7, 11) is 0. The summed E-state index contributed by atoms with van der Waals surface area (Å²) in [5.74, 6) is 0.479. The van der Waals surface area contributed by atoms with Crippen LogP contribution in [0.2, 0.25) is 0 Å². The highest BCUT2D eigenvalue weighted by Gasteiger charge is 2.08. The fourth-order valence-electron chi connectivity index (χ4n) is 1.85. The average molecular weight is 267 g/mol. The second-order valence-corrected chi connectivity index (χ2v) is 5.30. The van der Waals surface area contributed by atoms with Crippen LogP contribution in [0.4, 0.5) is 5.82 Å². The molecular formula is C15H13N3S. The van der Waals surface area contributed by atoms with E-state index in [1.54, 1.807) is 11.8 Å². The lowest BCUT2D eigenvalue weighted by Gasteiger charge is -2.07. The second-order valence-electron chi connectivity index (χ2n) is 4.27. The summed E-state index contributed by atoms with van der Waals surface area (Å²) in [5.41, 5.74) is 8.90.